The van der Waals surface area contributed by atoms with E-state index in [1.807, 2.05) is 0 Å². The summed E-state index contributed by atoms with van der Waals surface area (Å²) in [6.45, 7) is 0. The van der Waals surface area contributed by atoms with Crippen LogP contribution in [-0.2, 0) is 9.59 Å². The van der Waals surface area contributed by atoms with Crippen LogP contribution in [0.4, 0.5) is 0 Å². The molecule has 1 atom stereocenters. The second-order valence-corrected chi connectivity index (χ2v) is 2.61. The van der Waals surface area contributed by atoms with Gasteiger partial charge in [0.25, 0.3) is 0 Å². The van der Waals surface area contributed by atoms with Gasteiger partial charge in [-0.05, 0) is 6.42 Å². The summed E-state index contributed by atoms with van der Waals surface area (Å²) in [5.74, 6) is -0.728. The monoisotopic (exact) mass is 271 g/mol. The maximum atomic E-state index is 10.7. The van der Waals surface area contributed by atoms with Crippen molar-refractivity contribution in [2.75, 3.05) is 0 Å². The van der Waals surface area contributed by atoms with Gasteiger partial charge in [-0.3, -0.25) is 13.1 Å². The molecule has 0 bridgehead atoms. The van der Waals surface area contributed by atoms with E-state index in [0.29, 0.717) is 6.42 Å². The Kier molecular flexibility index (Phi) is 5.12. The van der Waals surface area contributed by atoms with E-state index in [0.717, 1.165) is 0 Å². The maximum Gasteiger partial charge on any atom is 0.245 e. The van der Waals surface area contributed by atoms with E-state index in [9.17, 15) is 9.59 Å². The fourth-order valence-corrected chi connectivity index (χ4v) is 0.899. The average Bonchev–Trinajstić information content (AvgIpc) is 1.98. The summed E-state index contributed by atoms with van der Waals surface area (Å²) in [5, 5.41) is 0. The molecule has 0 aliphatic carbocycles. The fourth-order valence-electron chi connectivity index (χ4n) is 0.499. The minimum Gasteiger partial charge on any atom is -0.370 e. The molecule has 11 heavy (non-hydrogen) atoms. The molecule has 0 fully saturated rings. The molecule has 0 aromatic rings. The lowest BCUT2D eigenvalue weighted by molar-refractivity contribution is -0.120. The first-order valence-corrected chi connectivity index (χ1v) is 4.10. The van der Waals surface area contributed by atoms with Gasteiger partial charge in [0.05, 0.1) is 28.9 Å². The van der Waals surface area contributed by atoms with Crippen LogP contribution in [0.25, 0.3) is 0 Å². The topological polar surface area (TPSA) is 98.2 Å². The Labute approximate surface area is 78.4 Å². The zero-order valence-corrected chi connectivity index (χ0v) is 8.00. The van der Waals surface area contributed by atoms with Crippen molar-refractivity contribution < 1.29 is 9.59 Å². The first-order chi connectivity index (χ1) is 5.07. The number of hydrogen-bond donors (Lipinski definition) is 3. The summed E-state index contributed by atoms with van der Waals surface area (Å²) in [5.41, 5.74) is 10.2. The largest absolute Gasteiger partial charge is 0.370 e. The minimum atomic E-state index is -0.639. The molecule has 5 nitrogen and oxygen atoms in total. The van der Waals surface area contributed by atoms with Crippen LogP contribution in [0.1, 0.15) is 12.8 Å². The highest BCUT2D eigenvalue weighted by molar-refractivity contribution is 14.1. The van der Waals surface area contributed by atoms with Crippen molar-refractivity contribution in [1.29, 1.82) is 0 Å². The number of primary amides is 1. The Hall–Kier alpha value is -0.370. The number of carbonyl (C=O) groups excluding carboxylic acids is 2. The van der Waals surface area contributed by atoms with E-state index in [-0.39, 0.29) is 12.3 Å². The van der Waals surface area contributed by atoms with Crippen LogP contribution >= 0.6 is 22.9 Å². The smallest absolute Gasteiger partial charge is 0.245 e. The molecule has 0 rings (SSSR count). The van der Waals surface area contributed by atoms with Gasteiger partial charge in [-0.25, -0.2) is 0 Å². The number of nitrogens with two attached hydrogens (primary N) is 2. The summed E-state index contributed by atoms with van der Waals surface area (Å²) in [6.07, 6.45) is 0.440. The van der Waals surface area contributed by atoms with Crippen molar-refractivity contribution in [3.05, 3.63) is 0 Å². The van der Waals surface area contributed by atoms with Crippen molar-refractivity contribution in [1.82, 2.24) is 3.53 Å². The number of nitrogens with one attached hydrogen (secondary N) is 1. The first-order valence-electron chi connectivity index (χ1n) is 3.02. The molecule has 5 N–H and O–H groups in total. The first kappa shape index (κ1) is 10.6. The molecule has 0 heterocycles. The SMILES string of the molecule is NC(=O)CC[C@H](N)C(=O)NI. The summed E-state index contributed by atoms with van der Waals surface area (Å²) in [6, 6.07) is -0.639. The van der Waals surface area contributed by atoms with Gasteiger partial charge in [0.15, 0.2) is 0 Å². The Morgan fingerprint density at radius 3 is 2.45 bits per heavy atom. The fraction of sp³-hybridized carbons (Fsp3) is 0.600. The third-order valence-corrected chi connectivity index (χ3v) is 1.66. The molecule has 0 spiro atoms. The number of hydrogen-bond acceptors (Lipinski definition) is 3. The molecule has 0 aliphatic rings. The van der Waals surface area contributed by atoms with Gasteiger partial charge in [-0.2, -0.15) is 0 Å². The van der Waals surface area contributed by atoms with E-state index in [4.69, 9.17) is 11.5 Å². The van der Waals surface area contributed by atoms with Crippen molar-refractivity contribution in [2.24, 2.45) is 11.5 Å². The quantitative estimate of drug-likeness (QED) is 0.454. The lowest BCUT2D eigenvalue weighted by atomic mass is 10.1. The lowest BCUT2D eigenvalue weighted by Gasteiger charge is -2.06. The molecule has 0 aromatic carbocycles. The Morgan fingerprint density at radius 1 is 1.55 bits per heavy atom. The second-order valence-electron chi connectivity index (χ2n) is 2.07. The van der Waals surface area contributed by atoms with Crippen molar-refractivity contribution in [2.45, 2.75) is 18.9 Å². The van der Waals surface area contributed by atoms with Gasteiger partial charge in [0.1, 0.15) is 0 Å². The predicted molar refractivity (Wildman–Crippen MR) is 48.6 cm³/mol. The molecular formula is C5H10IN3O2. The average molecular weight is 271 g/mol. The summed E-state index contributed by atoms with van der Waals surface area (Å²) in [7, 11) is 0. The molecule has 0 radical (unpaired) electrons. The minimum absolute atomic E-state index is 0.144. The second kappa shape index (κ2) is 5.30. The molecule has 0 aliphatic heterocycles. The van der Waals surface area contributed by atoms with Gasteiger partial charge in [0, 0.05) is 6.42 Å². The highest BCUT2D eigenvalue weighted by Crippen LogP contribution is 1.94. The predicted octanol–water partition coefficient (Wildman–Crippen LogP) is -0.955. The van der Waals surface area contributed by atoms with Gasteiger partial charge in [-0.15, -0.1) is 0 Å². The third kappa shape index (κ3) is 4.96. The van der Waals surface area contributed by atoms with E-state index in [1.54, 1.807) is 22.9 Å². The number of halogens is 1. The van der Waals surface area contributed by atoms with Gasteiger partial charge in [0.2, 0.25) is 11.8 Å². The van der Waals surface area contributed by atoms with Crippen molar-refractivity contribution in [3.8, 4) is 0 Å². The van der Waals surface area contributed by atoms with Crippen molar-refractivity contribution >= 4 is 34.7 Å². The van der Waals surface area contributed by atoms with Gasteiger partial charge in [-0.1, -0.05) is 0 Å². The molecule has 6 heteroatoms. The Balaban J connectivity index is 3.60. The van der Waals surface area contributed by atoms with Gasteiger partial charge >= 0.3 is 0 Å². The highest BCUT2D eigenvalue weighted by Gasteiger charge is 2.12. The van der Waals surface area contributed by atoms with Crippen LogP contribution in [0.2, 0.25) is 0 Å². The molecule has 2 amide bonds. The Morgan fingerprint density at radius 2 is 2.09 bits per heavy atom. The molecule has 0 saturated heterocycles. The third-order valence-electron chi connectivity index (χ3n) is 1.13. The van der Waals surface area contributed by atoms with Gasteiger partial charge < -0.3 is 11.5 Å². The van der Waals surface area contributed by atoms with Crippen LogP contribution in [-0.4, -0.2) is 17.9 Å². The standard InChI is InChI=1S/C5H10IN3O2/c6-9-5(11)3(7)1-2-4(8)10/h3H,1-2,7H2,(H2,8,10)(H,9,11)/t3-/m0/s1. The molecular weight excluding hydrogens is 261 g/mol. The number of carbonyl (C=O) groups is 2. The zero-order valence-electron chi connectivity index (χ0n) is 5.84. The van der Waals surface area contributed by atoms with E-state index in [2.05, 4.69) is 3.53 Å². The van der Waals surface area contributed by atoms with Crippen LogP contribution in [0.15, 0.2) is 0 Å². The summed E-state index contributed by atoms with van der Waals surface area (Å²) < 4.78 is 2.34. The molecule has 0 unspecified atom stereocenters. The summed E-state index contributed by atoms with van der Waals surface area (Å²) >= 11 is 1.69. The zero-order chi connectivity index (χ0) is 8.85. The normalized spacial score (nSPS) is 12.2. The number of rotatable bonds is 4. The van der Waals surface area contributed by atoms with E-state index >= 15 is 0 Å². The maximum absolute atomic E-state index is 10.7. The molecule has 0 aromatic heterocycles. The van der Waals surface area contributed by atoms with E-state index in [1.165, 1.54) is 0 Å². The van der Waals surface area contributed by atoms with Crippen LogP contribution < -0.4 is 15.0 Å². The van der Waals surface area contributed by atoms with Crippen LogP contribution in [0.3, 0.4) is 0 Å². The lowest BCUT2D eigenvalue weighted by Crippen LogP contribution is -2.37. The Bertz CT molecular complexity index is 162. The van der Waals surface area contributed by atoms with Crippen LogP contribution in [0, 0.1) is 0 Å². The highest BCUT2D eigenvalue weighted by atomic mass is 127. The molecule has 64 valence electrons. The van der Waals surface area contributed by atoms with Crippen molar-refractivity contribution in [3.63, 3.8) is 0 Å². The molecule has 0 saturated carbocycles. The summed E-state index contributed by atoms with van der Waals surface area (Å²) in [4.78, 5) is 21.0. The van der Waals surface area contributed by atoms with Crippen LogP contribution in [0.5, 0.6) is 0 Å². The van der Waals surface area contributed by atoms with E-state index < -0.39 is 11.9 Å². The number of amides is 2.